The molecule has 0 aliphatic rings. The Balaban J connectivity index is 2.40. The van der Waals surface area contributed by atoms with E-state index in [4.69, 9.17) is 17.3 Å². The summed E-state index contributed by atoms with van der Waals surface area (Å²) >= 11 is 6.02. The lowest BCUT2D eigenvalue weighted by Crippen LogP contribution is -2.15. The molecule has 112 valence electrons. The van der Waals surface area contributed by atoms with E-state index in [0.29, 0.717) is 22.8 Å². The molecule has 0 amide bonds. The van der Waals surface area contributed by atoms with Crippen molar-refractivity contribution < 1.29 is 8.42 Å². The van der Waals surface area contributed by atoms with Gasteiger partial charge >= 0.3 is 0 Å². The normalized spacial score (nSPS) is 11.4. The first-order valence-electron chi connectivity index (χ1n) is 6.42. The van der Waals surface area contributed by atoms with Gasteiger partial charge in [-0.3, -0.25) is 4.72 Å². The molecule has 0 unspecified atom stereocenters. The maximum Gasteiger partial charge on any atom is 0.262 e. The number of nitrogens with two attached hydrogens (primary N) is 1. The SMILES string of the molecule is Cc1ccc(NS(=O)(=O)c2cc(CN)ccc2C)cc1Cl. The lowest BCUT2D eigenvalue weighted by Gasteiger charge is -2.12. The van der Waals surface area contributed by atoms with Crippen LogP contribution in [0.5, 0.6) is 0 Å². The van der Waals surface area contributed by atoms with Gasteiger partial charge in [0, 0.05) is 11.6 Å². The number of hydrogen-bond acceptors (Lipinski definition) is 3. The topological polar surface area (TPSA) is 72.2 Å². The number of rotatable bonds is 4. The molecule has 6 heteroatoms. The Labute approximate surface area is 130 Å². The monoisotopic (exact) mass is 324 g/mol. The summed E-state index contributed by atoms with van der Waals surface area (Å²) in [6.45, 7) is 3.89. The quantitative estimate of drug-likeness (QED) is 0.907. The van der Waals surface area contributed by atoms with Gasteiger partial charge in [0.15, 0.2) is 0 Å². The molecule has 2 rings (SSSR count). The van der Waals surface area contributed by atoms with Crippen molar-refractivity contribution in [3.8, 4) is 0 Å². The number of sulfonamides is 1. The van der Waals surface area contributed by atoms with Crippen molar-refractivity contribution in [2.24, 2.45) is 5.73 Å². The predicted octanol–water partition coefficient (Wildman–Crippen LogP) is 3.22. The Bertz CT molecular complexity index is 773. The average molecular weight is 325 g/mol. The molecule has 0 fully saturated rings. The van der Waals surface area contributed by atoms with E-state index < -0.39 is 10.0 Å². The van der Waals surface area contributed by atoms with E-state index in [0.717, 1.165) is 11.1 Å². The van der Waals surface area contributed by atoms with Gasteiger partial charge in [0.1, 0.15) is 0 Å². The summed E-state index contributed by atoms with van der Waals surface area (Å²) in [5.74, 6) is 0. The summed E-state index contributed by atoms with van der Waals surface area (Å²) in [5, 5.41) is 0.516. The number of anilines is 1. The first-order chi connectivity index (χ1) is 9.83. The molecular weight excluding hydrogens is 308 g/mol. The van der Waals surface area contributed by atoms with Crippen LogP contribution in [-0.4, -0.2) is 8.42 Å². The van der Waals surface area contributed by atoms with Crippen LogP contribution in [0.2, 0.25) is 5.02 Å². The van der Waals surface area contributed by atoms with E-state index in [-0.39, 0.29) is 4.90 Å². The number of hydrogen-bond donors (Lipinski definition) is 2. The molecule has 0 spiro atoms. The van der Waals surface area contributed by atoms with Crippen LogP contribution in [0.3, 0.4) is 0 Å². The second-order valence-corrected chi connectivity index (χ2v) is 6.93. The molecule has 0 aliphatic heterocycles. The smallest absolute Gasteiger partial charge is 0.262 e. The Kier molecular flexibility index (Phi) is 4.56. The van der Waals surface area contributed by atoms with Gasteiger partial charge in [-0.2, -0.15) is 0 Å². The maximum absolute atomic E-state index is 12.5. The molecule has 0 saturated carbocycles. The summed E-state index contributed by atoms with van der Waals surface area (Å²) in [4.78, 5) is 0.224. The number of benzene rings is 2. The third-order valence-electron chi connectivity index (χ3n) is 3.20. The molecule has 0 atom stereocenters. The van der Waals surface area contributed by atoms with Crippen molar-refractivity contribution in [1.82, 2.24) is 0 Å². The summed E-state index contributed by atoms with van der Waals surface area (Å²) in [5.41, 5.74) is 8.32. The van der Waals surface area contributed by atoms with Gasteiger partial charge in [0.2, 0.25) is 0 Å². The van der Waals surface area contributed by atoms with E-state index in [2.05, 4.69) is 4.72 Å². The van der Waals surface area contributed by atoms with Gasteiger partial charge in [0.05, 0.1) is 10.6 Å². The Morgan fingerprint density at radius 3 is 2.38 bits per heavy atom. The molecule has 4 nitrogen and oxygen atoms in total. The zero-order chi connectivity index (χ0) is 15.6. The lowest BCUT2D eigenvalue weighted by molar-refractivity contribution is 0.600. The van der Waals surface area contributed by atoms with Crippen molar-refractivity contribution in [3.05, 3.63) is 58.1 Å². The molecule has 3 N–H and O–H groups in total. The van der Waals surface area contributed by atoms with Crippen LogP contribution in [0.4, 0.5) is 5.69 Å². The van der Waals surface area contributed by atoms with Gasteiger partial charge in [-0.15, -0.1) is 0 Å². The summed E-state index contributed by atoms with van der Waals surface area (Å²) < 4.78 is 27.5. The van der Waals surface area contributed by atoms with E-state index in [1.807, 2.05) is 13.0 Å². The highest BCUT2D eigenvalue weighted by Crippen LogP contribution is 2.24. The highest BCUT2D eigenvalue weighted by molar-refractivity contribution is 7.92. The lowest BCUT2D eigenvalue weighted by atomic mass is 10.1. The van der Waals surface area contributed by atoms with Gasteiger partial charge in [0.25, 0.3) is 10.0 Å². The zero-order valence-corrected chi connectivity index (χ0v) is 13.4. The highest BCUT2D eigenvalue weighted by Gasteiger charge is 2.17. The first kappa shape index (κ1) is 15.8. The zero-order valence-electron chi connectivity index (χ0n) is 11.9. The maximum atomic E-state index is 12.5. The molecule has 0 heterocycles. The minimum Gasteiger partial charge on any atom is -0.326 e. The van der Waals surface area contributed by atoms with Gasteiger partial charge in [-0.25, -0.2) is 8.42 Å². The van der Waals surface area contributed by atoms with Crippen molar-refractivity contribution in [2.75, 3.05) is 4.72 Å². The molecule has 0 saturated heterocycles. The largest absolute Gasteiger partial charge is 0.326 e. The standard InChI is InChI=1S/C15H17ClN2O2S/c1-10-4-6-13(8-14(10)16)18-21(19,20)15-7-12(9-17)5-3-11(15)2/h3-8,18H,9,17H2,1-2H3. The van der Waals surface area contributed by atoms with Gasteiger partial charge in [-0.05, 0) is 48.7 Å². The van der Waals surface area contributed by atoms with E-state index in [9.17, 15) is 8.42 Å². The van der Waals surface area contributed by atoms with Crippen LogP contribution in [0.15, 0.2) is 41.3 Å². The third kappa shape index (κ3) is 3.56. The second kappa shape index (κ2) is 6.05. The molecular formula is C15H17ClN2O2S. The molecule has 0 radical (unpaired) electrons. The molecule has 2 aromatic rings. The number of halogens is 1. The second-order valence-electron chi connectivity index (χ2n) is 4.87. The van der Waals surface area contributed by atoms with Crippen LogP contribution in [0, 0.1) is 13.8 Å². The molecule has 0 aliphatic carbocycles. The Hall–Kier alpha value is -1.56. The Morgan fingerprint density at radius 2 is 1.76 bits per heavy atom. The third-order valence-corrected chi connectivity index (χ3v) is 5.13. The van der Waals surface area contributed by atoms with Crippen molar-refractivity contribution >= 4 is 27.3 Å². The minimum absolute atomic E-state index is 0.224. The number of aryl methyl sites for hydroxylation is 2. The highest BCUT2D eigenvalue weighted by atomic mass is 35.5. The fraction of sp³-hybridized carbons (Fsp3) is 0.200. The molecule has 2 aromatic carbocycles. The summed E-state index contributed by atoms with van der Waals surface area (Å²) in [6.07, 6.45) is 0. The predicted molar refractivity (Wildman–Crippen MR) is 86.1 cm³/mol. The fourth-order valence-electron chi connectivity index (χ4n) is 1.93. The first-order valence-corrected chi connectivity index (χ1v) is 8.28. The minimum atomic E-state index is -3.67. The van der Waals surface area contributed by atoms with Crippen molar-refractivity contribution in [2.45, 2.75) is 25.3 Å². The summed E-state index contributed by atoms with van der Waals surface area (Å²) in [6, 6.07) is 10.2. The molecule has 21 heavy (non-hydrogen) atoms. The van der Waals surface area contributed by atoms with E-state index in [1.165, 1.54) is 0 Å². The van der Waals surface area contributed by atoms with Crippen LogP contribution in [-0.2, 0) is 16.6 Å². The van der Waals surface area contributed by atoms with E-state index >= 15 is 0 Å². The van der Waals surface area contributed by atoms with Crippen LogP contribution in [0.25, 0.3) is 0 Å². The fourth-order valence-corrected chi connectivity index (χ4v) is 3.45. The molecule has 0 bridgehead atoms. The Morgan fingerprint density at radius 1 is 1.10 bits per heavy atom. The van der Waals surface area contributed by atoms with Crippen molar-refractivity contribution in [3.63, 3.8) is 0 Å². The number of nitrogens with one attached hydrogen (secondary N) is 1. The summed E-state index contributed by atoms with van der Waals surface area (Å²) in [7, 11) is -3.67. The van der Waals surface area contributed by atoms with Crippen molar-refractivity contribution in [1.29, 1.82) is 0 Å². The van der Waals surface area contributed by atoms with Crippen LogP contribution in [0.1, 0.15) is 16.7 Å². The average Bonchev–Trinajstić information content (AvgIpc) is 2.43. The van der Waals surface area contributed by atoms with Crippen LogP contribution < -0.4 is 10.5 Å². The molecule has 0 aromatic heterocycles. The van der Waals surface area contributed by atoms with Crippen LogP contribution >= 0.6 is 11.6 Å². The van der Waals surface area contributed by atoms with Gasteiger partial charge < -0.3 is 5.73 Å². The van der Waals surface area contributed by atoms with Gasteiger partial charge in [-0.1, -0.05) is 29.8 Å². The van der Waals surface area contributed by atoms with E-state index in [1.54, 1.807) is 37.3 Å².